The summed E-state index contributed by atoms with van der Waals surface area (Å²) in [6.45, 7) is -1.06. The average molecular weight is 1140 g/mol. The van der Waals surface area contributed by atoms with Gasteiger partial charge in [-0.2, -0.15) is 49.6 Å². The number of aliphatic carboxylic acids is 2. The Balaban J connectivity index is 1.48. The predicted octanol–water partition coefficient (Wildman–Crippen LogP) is 7.08. The molecule has 76 heavy (non-hydrogen) atoms. The summed E-state index contributed by atoms with van der Waals surface area (Å²) in [5.74, 6) is -10.00. The highest BCUT2D eigenvalue weighted by Gasteiger charge is 2.68. The number of nitrogens with one attached hydrogen (secondary N) is 2. The number of sulfonamides is 1. The van der Waals surface area contributed by atoms with Crippen molar-refractivity contribution in [2.45, 2.75) is 93.6 Å². The quantitative estimate of drug-likeness (QED) is 0.0570. The molecule has 1 saturated carbocycles. The van der Waals surface area contributed by atoms with Crippen LogP contribution in [-0.4, -0.2) is 105 Å². The van der Waals surface area contributed by atoms with E-state index in [0.29, 0.717) is 12.3 Å². The van der Waals surface area contributed by atoms with Gasteiger partial charge in [-0.3, -0.25) is 19.0 Å². The van der Waals surface area contributed by atoms with E-state index in [1.165, 1.54) is 13.8 Å². The van der Waals surface area contributed by atoms with Crippen molar-refractivity contribution in [2.75, 3.05) is 16.8 Å². The highest BCUT2D eigenvalue weighted by molar-refractivity contribution is 7.93. The van der Waals surface area contributed by atoms with E-state index < -0.39 is 190 Å². The molecule has 4 N–H and O–H groups in total. The molecule has 31 heteroatoms. The third-order valence-electron chi connectivity index (χ3n) is 12.3. The molecule has 0 saturated heterocycles. The van der Waals surface area contributed by atoms with Crippen LogP contribution in [0.5, 0.6) is 0 Å². The van der Waals surface area contributed by atoms with E-state index in [0.717, 1.165) is 42.7 Å². The Kier molecular flexibility index (Phi) is 14.8. The first-order chi connectivity index (χ1) is 34.9. The third-order valence-corrected chi connectivity index (χ3v) is 15.5. The Morgan fingerprint density at radius 1 is 0.921 bits per heavy atom. The SMILES string of the molecule is CC(C)(C#Cc1ccc(-c2ccc(Cl)c3c(N(C(=O)NC(CCC(=O)O)C(=O)O)S(C)(=O)=O)nn(CC(F)(F)F)c23)c(C(Cc2cc(F)cc(F)c2)NC(=O)Cn2nc(C(F)(F)F)c3c2C(F)(F)[C@@H]2C[C@H]32)n1)S(C)(=O)=O. The maximum absolute atomic E-state index is 15.6. The fourth-order valence-electron chi connectivity index (χ4n) is 8.54. The second-order valence-electron chi connectivity index (χ2n) is 18.3. The summed E-state index contributed by atoms with van der Waals surface area (Å²) in [7, 11) is -9.05. The lowest BCUT2D eigenvalue weighted by molar-refractivity contribution is -0.143. The number of carbonyl (C=O) groups is 4. The first-order valence-electron chi connectivity index (χ1n) is 21.9. The van der Waals surface area contributed by atoms with E-state index in [9.17, 15) is 76.2 Å². The van der Waals surface area contributed by atoms with Gasteiger partial charge in [0, 0.05) is 41.4 Å². The highest BCUT2D eigenvalue weighted by Crippen LogP contribution is 2.68. The fraction of sp³-hybridized carbons (Fsp3) is 0.400. The Morgan fingerprint density at radius 2 is 1.55 bits per heavy atom. The van der Waals surface area contributed by atoms with Crippen molar-refractivity contribution in [3.63, 3.8) is 0 Å². The second-order valence-corrected chi connectivity index (χ2v) is 23.1. The van der Waals surface area contributed by atoms with Gasteiger partial charge < -0.3 is 20.8 Å². The molecule has 2 unspecified atom stereocenters. The fourth-order valence-corrected chi connectivity index (χ4v) is 9.81. The normalized spacial score (nSPS) is 17.0. The molecular formula is C45H39ClF10N8O10S2. The number of aromatic nitrogens is 5. The van der Waals surface area contributed by atoms with Gasteiger partial charge in [0.15, 0.2) is 21.3 Å². The molecule has 0 aliphatic heterocycles. The summed E-state index contributed by atoms with van der Waals surface area (Å²) >= 11 is 6.59. The molecule has 1 fully saturated rings. The van der Waals surface area contributed by atoms with Gasteiger partial charge in [-0.1, -0.05) is 23.6 Å². The summed E-state index contributed by atoms with van der Waals surface area (Å²) in [6.07, 6.45) is -12.1. The lowest BCUT2D eigenvalue weighted by Crippen LogP contribution is -2.50. The van der Waals surface area contributed by atoms with Gasteiger partial charge >= 0.3 is 30.3 Å². The largest absolute Gasteiger partial charge is 0.481 e. The summed E-state index contributed by atoms with van der Waals surface area (Å²) in [6, 6.07) is 0.228. The number of hydrogen-bond donors (Lipinski definition) is 4. The maximum Gasteiger partial charge on any atom is 0.435 e. The van der Waals surface area contributed by atoms with Crippen molar-refractivity contribution >= 4 is 72.1 Å². The van der Waals surface area contributed by atoms with E-state index in [1.54, 1.807) is 5.32 Å². The Hall–Kier alpha value is -7.00. The molecule has 4 atom stereocenters. The molecule has 3 amide bonds. The molecule has 2 aliphatic carbocycles. The zero-order chi connectivity index (χ0) is 56.6. The number of carboxylic acid groups (broad SMARTS) is 2. The number of pyridine rings is 1. The van der Waals surface area contributed by atoms with Crippen LogP contribution in [0.3, 0.4) is 0 Å². The van der Waals surface area contributed by atoms with E-state index in [1.807, 2.05) is 0 Å². The van der Waals surface area contributed by atoms with Crippen LogP contribution in [0.15, 0.2) is 42.5 Å². The monoisotopic (exact) mass is 1140 g/mol. The lowest BCUT2D eigenvalue weighted by Gasteiger charge is -2.23. The van der Waals surface area contributed by atoms with Crippen LogP contribution >= 0.6 is 11.6 Å². The van der Waals surface area contributed by atoms with Gasteiger partial charge in [0.25, 0.3) is 5.92 Å². The molecule has 3 aromatic heterocycles. The van der Waals surface area contributed by atoms with Crippen LogP contribution in [0.1, 0.15) is 79.0 Å². The van der Waals surface area contributed by atoms with Crippen LogP contribution in [0.25, 0.3) is 22.0 Å². The predicted molar refractivity (Wildman–Crippen MR) is 247 cm³/mol. The lowest BCUT2D eigenvalue weighted by atomic mass is 9.93. The van der Waals surface area contributed by atoms with Crippen LogP contribution in [-0.2, 0) is 65.9 Å². The first-order valence-corrected chi connectivity index (χ1v) is 26.1. The van der Waals surface area contributed by atoms with Crippen LogP contribution in [0, 0.1) is 29.4 Å². The number of anilines is 1. The maximum atomic E-state index is 15.6. The van der Waals surface area contributed by atoms with Crippen molar-refractivity contribution in [3.8, 4) is 23.0 Å². The zero-order valence-corrected chi connectivity index (χ0v) is 41.8. The van der Waals surface area contributed by atoms with Crippen LogP contribution in [0.2, 0.25) is 5.02 Å². The Labute approximate surface area is 428 Å². The smallest absolute Gasteiger partial charge is 0.435 e. The van der Waals surface area contributed by atoms with Gasteiger partial charge in [0.05, 0.1) is 33.9 Å². The molecule has 7 rings (SSSR count). The summed E-state index contributed by atoms with van der Waals surface area (Å²) in [4.78, 5) is 55.7. The summed E-state index contributed by atoms with van der Waals surface area (Å²) in [5, 5.41) is 28.8. The number of sulfone groups is 1. The topological polar surface area (TPSA) is 253 Å². The van der Waals surface area contributed by atoms with E-state index in [-0.39, 0.29) is 31.3 Å². The third kappa shape index (κ3) is 11.7. The second kappa shape index (κ2) is 19.9. The molecule has 0 spiro atoms. The standard InChI is InChI=1S/C45H39ClF10N8O10S2/c1-42(2,75(3,71)72)12-11-23-5-6-24(25-7-8-28(46)34-36(25)63(19-43(49,50)51)61-39(34)64(76(4,73)74)41(70)59-29(40(68)69)9-10-32(66)67)35(57-23)30(15-20-13-21(47)16-22(48)14-20)58-31(65)18-62-38-33(37(60-62)45(54,55)56)26-17-27(26)44(38,52)53/h5-8,13-14,16,26-27,29-30H,9-10,15,17-19H2,1-4H3,(H,58,65)(H,59,70)(H,66,67)(H,68,69)/t26-,27+,29?,30?/m0/s1. The van der Waals surface area contributed by atoms with Gasteiger partial charge in [-0.05, 0) is 80.8 Å². The molecule has 0 radical (unpaired) electrons. The molecule has 2 aliphatic rings. The number of rotatable bonds is 16. The number of urea groups is 1. The average Bonchev–Trinajstić information content (AvgIpc) is 3.78. The summed E-state index contributed by atoms with van der Waals surface area (Å²) in [5.41, 5.74) is -6.59. The number of fused-ring (bicyclic) bond motifs is 4. The number of benzene rings is 2. The molecule has 5 aromatic rings. The molecule has 0 bridgehead atoms. The number of halogens is 11. The van der Waals surface area contributed by atoms with Gasteiger partial charge in [-0.15, -0.1) is 0 Å². The zero-order valence-electron chi connectivity index (χ0n) is 39.4. The van der Waals surface area contributed by atoms with E-state index in [2.05, 4.69) is 32.3 Å². The summed E-state index contributed by atoms with van der Waals surface area (Å²) < 4.78 is 198. The molecule has 18 nitrogen and oxygen atoms in total. The molecule has 408 valence electrons. The number of alkyl halides is 8. The van der Waals surface area contributed by atoms with Gasteiger partial charge in [-0.25, -0.2) is 40.2 Å². The van der Waals surface area contributed by atoms with Crippen LogP contribution in [0.4, 0.5) is 54.5 Å². The van der Waals surface area contributed by atoms with E-state index >= 15 is 8.78 Å². The van der Waals surface area contributed by atoms with Crippen molar-refractivity contribution in [1.29, 1.82) is 0 Å². The van der Waals surface area contributed by atoms with Crippen molar-refractivity contribution in [2.24, 2.45) is 5.92 Å². The molecular weight excluding hydrogens is 1100 g/mol. The number of hydrogen-bond acceptors (Lipinski definition) is 11. The molecule has 2 aromatic carbocycles. The van der Waals surface area contributed by atoms with Gasteiger partial charge in [0.1, 0.15) is 46.9 Å². The Morgan fingerprint density at radius 3 is 2.12 bits per heavy atom. The molecule has 3 heterocycles. The van der Waals surface area contributed by atoms with Crippen LogP contribution < -0.4 is 14.9 Å². The van der Waals surface area contributed by atoms with Crippen molar-refractivity contribution in [1.82, 2.24) is 35.2 Å². The minimum Gasteiger partial charge on any atom is -0.481 e. The van der Waals surface area contributed by atoms with Crippen molar-refractivity contribution < 1.29 is 90.1 Å². The number of amides is 3. The number of carboxylic acids is 2. The first kappa shape index (κ1) is 56.7. The van der Waals surface area contributed by atoms with E-state index in [4.69, 9.17) is 16.7 Å². The Bertz CT molecular complexity index is 3520. The van der Waals surface area contributed by atoms with Crippen molar-refractivity contribution in [3.05, 3.63) is 93.0 Å². The minimum atomic E-state index is -5.26. The number of nitrogens with zero attached hydrogens (tertiary/aromatic N) is 6. The minimum absolute atomic E-state index is 0.124. The number of carbonyl (C=O) groups excluding carboxylic acids is 2. The van der Waals surface area contributed by atoms with Gasteiger partial charge in [0.2, 0.25) is 15.9 Å². The highest BCUT2D eigenvalue weighted by atomic mass is 35.5.